The number of rotatable bonds is 2. The van der Waals surface area contributed by atoms with Gasteiger partial charge in [0.05, 0.1) is 14.7 Å². The number of ether oxygens (including phenoxy) is 2. The molecule has 1 heterocycles. The van der Waals surface area contributed by atoms with E-state index >= 15 is 0 Å². The van der Waals surface area contributed by atoms with Gasteiger partial charge in [0.25, 0.3) is 0 Å². The van der Waals surface area contributed by atoms with Gasteiger partial charge >= 0.3 is 12.1 Å². The third kappa shape index (κ3) is 4.52. The SMILES string of the molecule is CCOC(=O)[C@H]1C[Si](C)(C)CN1C(=O)OC(C)(C)C. The normalized spacial score (nSPS) is 22.2. The van der Waals surface area contributed by atoms with Crippen LogP contribution in [0.5, 0.6) is 0 Å². The van der Waals surface area contributed by atoms with Crippen molar-refractivity contribution in [3.63, 3.8) is 0 Å². The first kappa shape index (κ1) is 16.0. The molecule has 1 aliphatic heterocycles. The minimum absolute atomic E-state index is 0.313. The van der Waals surface area contributed by atoms with Gasteiger partial charge in [0.15, 0.2) is 0 Å². The van der Waals surface area contributed by atoms with E-state index in [-0.39, 0.29) is 5.97 Å². The van der Waals surface area contributed by atoms with Crippen molar-refractivity contribution in [2.24, 2.45) is 0 Å². The molecule has 1 atom stereocenters. The maximum Gasteiger partial charge on any atom is 0.410 e. The van der Waals surface area contributed by atoms with E-state index in [2.05, 4.69) is 13.1 Å². The lowest BCUT2D eigenvalue weighted by atomic mass is 10.2. The van der Waals surface area contributed by atoms with Gasteiger partial charge in [-0.3, -0.25) is 4.90 Å². The molecule has 19 heavy (non-hydrogen) atoms. The van der Waals surface area contributed by atoms with Crippen LogP contribution in [-0.2, 0) is 14.3 Å². The molecular weight excluding hydrogens is 262 g/mol. The zero-order valence-corrected chi connectivity index (χ0v) is 13.8. The van der Waals surface area contributed by atoms with Gasteiger partial charge in [0.1, 0.15) is 11.6 Å². The minimum Gasteiger partial charge on any atom is -0.464 e. The van der Waals surface area contributed by atoms with Gasteiger partial charge in [-0.25, -0.2) is 9.59 Å². The van der Waals surface area contributed by atoms with Crippen LogP contribution in [0.25, 0.3) is 0 Å². The molecule has 0 aliphatic carbocycles. The zero-order chi connectivity index (χ0) is 14.8. The second kappa shape index (κ2) is 5.52. The average Bonchev–Trinajstić information content (AvgIpc) is 2.52. The van der Waals surface area contributed by atoms with Crippen LogP contribution in [0.2, 0.25) is 19.1 Å². The third-order valence-corrected chi connectivity index (χ3v) is 5.60. The monoisotopic (exact) mass is 287 g/mol. The van der Waals surface area contributed by atoms with E-state index in [1.54, 1.807) is 11.8 Å². The molecule has 1 amide bonds. The quantitative estimate of drug-likeness (QED) is 0.578. The Balaban J connectivity index is 2.83. The second-order valence-electron chi connectivity index (χ2n) is 6.74. The molecule has 5 nitrogen and oxygen atoms in total. The smallest absolute Gasteiger partial charge is 0.410 e. The minimum atomic E-state index is -1.57. The molecule has 1 saturated heterocycles. The summed E-state index contributed by atoms with van der Waals surface area (Å²) in [7, 11) is -1.57. The largest absolute Gasteiger partial charge is 0.464 e. The highest BCUT2D eigenvalue weighted by molar-refractivity contribution is 6.78. The molecule has 6 heteroatoms. The lowest BCUT2D eigenvalue weighted by Gasteiger charge is -2.27. The topological polar surface area (TPSA) is 55.8 Å². The van der Waals surface area contributed by atoms with Crippen LogP contribution >= 0.6 is 0 Å². The summed E-state index contributed by atoms with van der Waals surface area (Å²) in [6.07, 6.45) is 0.231. The first-order valence-corrected chi connectivity index (χ1v) is 10.1. The van der Waals surface area contributed by atoms with Crippen molar-refractivity contribution in [2.45, 2.75) is 58.5 Å². The number of amides is 1. The average molecular weight is 287 g/mol. The fraction of sp³-hybridized carbons (Fsp3) is 0.846. The van der Waals surface area contributed by atoms with Crippen LogP contribution in [-0.4, -0.2) is 49.5 Å². The molecule has 0 N–H and O–H groups in total. The fourth-order valence-electron chi connectivity index (χ4n) is 2.23. The van der Waals surface area contributed by atoms with Crippen LogP contribution in [0.3, 0.4) is 0 Å². The van der Waals surface area contributed by atoms with Crippen molar-refractivity contribution in [2.75, 3.05) is 12.8 Å². The van der Waals surface area contributed by atoms with Crippen LogP contribution < -0.4 is 0 Å². The van der Waals surface area contributed by atoms with Crippen molar-refractivity contribution >= 4 is 20.1 Å². The molecule has 1 rings (SSSR count). The van der Waals surface area contributed by atoms with E-state index in [1.165, 1.54) is 0 Å². The van der Waals surface area contributed by atoms with E-state index in [0.29, 0.717) is 12.8 Å². The standard InChI is InChI=1S/C13H25NO4Si/c1-7-17-11(15)10-8-19(5,6)9-14(10)12(16)18-13(2,3)4/h10H,7-9H2,1-6H3/t10-/m1/s1. The van der Waals surface area contributed by atoms with Crippen LogP contribution in [0.4, 0.5) is 4.79 Å². The Morgan fingerprint density at radius 2 is 1.89 bits per heavy atom. The molecule has 110 valence electrons. The van der Waals surface area contributed by atoms with Gasteiger partial charge in [-0.15, -0.1) is 0 Å². The summed E-state index contributed by atoms with van der Waals surface area (Å²) in [6.45, 7) is 11.9. The van der Waals surface area contributed by atoms with E-state index in [9.17, 15) is 9.59 Å². The molecule has 1 fully saturated rings. The summed E-state index contributed by atoms with van der Waals surface area (Å²) in [5.74, 6) is -0.313. The Kier molecular flexibility index (Phi) is 4.66. The van der Waals surface area contributed by atoms with Crippen LogP contribution in [0.1, 0.15) is 27.7 Å². The summed E-state index contributed by atoms with van der Waals surface area (Å²) in [6, 6.07) is 0.266. The Morgan fingerprint density at radius 3 is 2.37 bits per heavy atom. The van der Waals surface area contributed by atoms with Crippen molar-refractivity contribution in [3.05, 3.63) is 0 Å². The maximum absolute atomic E-state index is 12.2. The summed E-state index contributed by atoms with van der Waals surface area (Å²) >= 11 is 0. The number of esters is 1. The highest BCUT2D eigenvalue weighted by Gasteiger charge is 2.46. The third-order valence-electron chi connectivity index (χ3n) is 2.91. The van der Waals surface area contributed by atoms with Crippen molar-refractivity contribution in [3.8, 4) is 0 Å². The van der Waals surface area contributed by atoms with Gasteiger partial charge < -0.3 is 9.47 Å². The molecule has 0 aromatic rings. The molecule has 0 aromatic carbocycles. The molecule has 0 aromatic heterocycles. The molecular formula is C13H25NO4Si. The van der Waals surface area contributed by atoms with Crippen LogP contribution in [0.15, 0.2) is 0 Å². The first-order valence-electron chi connectivity index (χ1n) is 6.72. The number of carbonyl (C=O) groups excluding carboxylic acids is 2. The Bertz CT molecular complexity index is 362. The van der Waals surface area contributed by atoms with E-state index in [1.807, 2.05) is 20.8 Å². The summed E-state index contributed by atoms with van der Waals surface area (Å²) in [5, 5.41) is 0. The molecule has 0 unspecified atom stereocenters. The highest BCUT2D eigenvalue weighted by atomic mass is 28.3. The lowest BCUT2D eigenvalue weighted by molar-refractivity contribution is -0.147. The van der Waals surface area contributed by atoms with E-state index in [4.69, 9.17) is 9.47 Å². The Labute approximate surface area is 116 Å². The number of hydrogen-bond acceptors (Lipinski definition) is 4. The summed E-state index contributed by atoms with van der Waals surface area (Å²) in [4.78, 5) is 25.7. The highest BCUT2D eigenvalue weighted by Crippen LogP contribution is 2.29. The van der Waals surface area contributed by atoms with Gasteiger partial charge in [-0.05, 0) is 33.7 Å². The van der Waals surface area contributed by atoms with Crippen molar-refractivity contribution in [1.29, 1.82) is 0 Å². The lowest BCUT2D eigenvalue weighted by Crippen LogP contribution is -2.44. The molecule has 0 spiro atoms. The first-order chi connectivity index (χ1) is 8.56. The number of carbonyl (C=O) groups is 2. The van der Waals surface area contributed by atoms with Gasteiger partial charge in [-0.1, -0.05) is 13.1 Å². The summed E-state index contributed by atoms with van der Waals surface area (Å²) < 4.78 is 10.4. The van der Waals surface area contributed by atoms with E-state index < -0.39 is 25.8 Å². The van der Waals surface area contributed by atoms with Gasteiger partial charge in [0.2, 0.25) is 0 Å². The zero-order valence-electron chi connectivity index (χ0n) is 12.8. The predicted octanol–water partition coefficient (Wildman–Crippen LogP) is 2.42. The number of hydrogen-bond donors (Lipinski definition) is 0. The Morgan fingerprint density at radius 1 is 1.32 bits per heavy atom. The molecule has 0 saturated carbocycles. The second-order valence-corrected chi connectivity index (χ2v) is 11.8. The van der Waals surface area contributed by atoms with Crippen molar-refractivity contribution in [1.82, 2.24) is 4.90 Å². The Hall–Kier alpha value is -1.04. The fourth-order valence-corrected chi connectivity index (χ4v) is 5.07. The maximum atomic E-state index is 12.2. The van der Waals surface area contributed by atoms with Gasteiger partial charge in [-0.2, -0.15) is 0 Å². The van der Waals surface area contributed by atoms with Gasteiger partial charge in [0, 0.05) is 6.17 Å². The molecule has 1 aliphatic rings. The number of nitrogens with zero attached hydrogens (tertiary/aromatic N) is 1. The van der Waals surface area contributed by atoms with Crippen LogP contribution in [0, 0.1) is 0 Å². The van der Waals surface area contributed by atoms with Crippen molar-refractivity contribution < 1.29 is 19.1 Å². The molecule has 0 bridgehead atoms. The molecule has 0 radical (unpaired) electrons. The summed E-state index contributed by atoms with van der Waals surface area (Å²) in [5.41, 5.74) is -0.551. The predicted molar refractivity (Wildman–Crippen MR) is 75.7 cm³/mol. The van der Waals surface area contributed by atoms with E-state index in [0.717, 1.165) is 6.04 Å².